The first-order chi connectivity index (χ1) is 8.34. The Bertz CT molecular complexity index is 401. The van der Waals surface area contributed by atoms with Crippen molar-refractivity contribution in [3.63, 3.8) is 0 Å². The molecule has 18 heavy (non-hydrogen) atoms. The lowest BCUT2D eigenvalue weighted by molar-refractivity contribution is 0.107. The van der Waals surface area contributed by atoms with Gasteiger partial charge in [0, 0.05) is 21.6 Å². The maximum absolute atomic E-state index is 6.41. The van der Waals surface area contributed by atoms with Crippen molar-refractivity contribution in [1.82, 2.24) is 4.90 Å². The summed E-state index contributed by atoms with van der Waals surface area (Å²) in [7, 11) is 0. The second kappa shape index (κ2) is 6.25. The summed E-state index contributed by atoms with van der Waals surface area (Å²) in [5.41, 5.74) is 7.14. The molecule has 2 nitrogen and oxygen atoms in total. The molecule has 1 atom stereocenters. The molecule has 0 amide bonds. The highest BCUT2D eigenvalue weighted by Gasteiger charge is 2.33. The molecule has 0 saturated carbocycles. The van der Waals surface area contributed by atoms with Gasteiger partial charge in [0.25, 0.3) is 0 Å². The number of benzene rings is 1. The summed E-state index contributed by atoms with van der Waals surface area (Å²) in [6.45, 7) is 10.5. The van der Waals surface area contributed by atoms with Gasteiger partial charge in [-0.2, -0.15) is 0 Å². The van der Waals surface area contributed by atoms with Gasteiger partial charge in [0.2, 0.25) is 0 Å². The van der Waals surface area contributed by atoms with E-state index in [-0.39, 0.29) is 11.6 Å². The summed E-state index contributed by atoms with van der Waals surface area (Å²) in [5, 5.41) is 1.34. The largest absolute Gasteiger partial charge is 0.322 e. The minimum atomic E-state index is -0.177. The van der Waals surface area contributed by atoms with Crippen molar-refractivity contribution in [3.8, 4) is 0 Å². The maximum Gasteiger partial charge on any atom is 0.0492 e. The number of hydrogen-bond acceptors (Lipinski definition) is 2. The number of halogens is 2. The van der Waals surface area contributed by atoms with Gasteiger partial charge in [-0.05, 0) is 50.7 Å². The van der Waals surface area contributed by atoms with Crippen LogP contribution < -0.4 is 5.73 Å². The molecular formula is C14H22Cl2N2. The third kappa shape index (κ3) is 3.18. The monoisotopic (exact) mass is 288 g/mol. The quantitative estimate of drug-likeness (QED) is 0.883. The van der Waals surface area contributed by atoms with Crippen LogP contribution in [0, 0.1) is 0 Å². The van der Waals surface area contributed by atoms with E-state index in [2.05, 4.69) is 32.6 Å². The van der Waals surface area contributed by atoms with E-state index in [0.717, 1.165) is 18.7 Å². The van der Waals surface area contributed by atoms with Crippen LogP contribution in [0.3, 0.4) is 0 Å². The molecule has 1 unspecified atom stereocenters. The molecule has 0 heterocycles. The first-order valence-corrected chi connectivity index (χ1v) is 7.05. The van der Waals surface area contributed by atoms with Crippen molar-refractivity contribution in [3.05, 3.63) is 33.8 Å². The zero-order valence-corrected chi connectivity index (χ0v) is 13.0. The van der Waals surface area contributed by atoms with Gasteiger partial charge in [-0.3, -0.25) is 4.90 Å². The highest BCUT2D eigenvalue weighted by molar-refractivity contribution is 6.33. The first kappa shape index (κ1) is 15.8. The van der Waals surface area contributed by atoms with E-state index in [4.69, 9.17) is 28.9 Å². The van der Waals surface area contributed by atoms with Crippen molar-refractivity contribution in [2.75, 3.05) is 13.1 Å². The standard InChI is InChI=1S/C14H22Cl2N2/c1-5-18(6-2)14(3,4)13(17)11-9-10(15)7-8-12(11)16/h7-9,13H,5-6,17H2,1-4H3. The van der Waals surface area contributed by atoms with Crippen LogP contribution in [0.15, 0.2) is 18.2 Å². The SMILES string of the molecule is CCN(CC)C(C)(C)C(N)c1cc(Cl)ccc1Cl. The van der Waals surface area contributed by atoms with E-state index in [9.17, 15) is 0 Å². The van der Waals surface area contributed by atoms with Gasteiger partial charge in [-0.15, -0.1) is 0 Å². The molecule has 1 aromatic carbocycles. The Morgan fingerprint density at radius 1 is 1.22 bits per heavy atom. The fraction of sp³-hybridized carbons (Fsp3) is 0.571. The Morgan fingerprint density at radius 3 is 2.28 bits per heavy atom. The summed E-state index contributed by atoms with van der Waals surface area (Å²) >= 11 is 12.3. The van der Waals surface area contributed by atoms with E-state index in [1.165, 1.54) is 0 Å². The molecule has 0 aromatic heterocycles. The second-order valence-electron chi connectivity index (χ2n) is 4.97. The van der Waals surface area contributed by atoms with Gasteiger partial charge in [-0.25, -0.2) is 0 Å². The number of rotatable bonds is 5. The molecule has 0 saturated heterocycles. The van der Waals surface area contributed by atoms with Crippen LogP contribution in [0.4, 0.5) is 0 Å². The summed E-state index contributed by atoms with van der Waals surface area (Å²) < 4.78 is 0. The minimum Gasteiger partial charge on any atom is -0.322 e. The average molecular weight is 289 g/mol. The molecule has 1 aromatic rings. The van der Waals surface area contributed by atoms with Crippen LogP contribution >= 0.6 is 23.2 Å². The third-order valence-electron chi connectivity index (χ3n) is 3.63. The lowest BCUT2D eigenvalue weighted by atomic mass is 9.87. The topological polar surface area (TPSA) is 29.3 Å². The molecule has 0 bridgehead atoms. The van der Waals surface area contributed by atoms with Crippen LogP contribution in [-0.4, -0.2) is 23.5 Å². The summed E-state index contributed by atoms with van der Waals surface area (Å²) in [6.07, 6.45) is 0. The van der Waals surface area contributed by atoms with Crippen molar-refractivity contribution < 1.29 is 0 Å². The van der Waals surface area contributed by atoms with E-state index < -0.39 is 0 Å². The second-order valence-corrected chi connectivity index (χ2v) is 5.81. The van der Waals surface area contributed by atoms with Crippen molar-refractivity contribution in [1.29, 1.82) is 0 Å². The van der Waals surface area contributed by atoms with Gasteiger partial charge in [0.1, 0.15) is 0 Å². The van der Waals surface area contributed by atoms with Crippen LogP contribution in [0.1, 0.15) is 39.3 Å². The number of likely N-dealkylation sites (N-methyl/N-ethyl adjacent to an activating group) is 1. The molecular weight excluding hydrogens is 267 g/mol. The third-order valence-corrected chi connectivity index (χ3v) is 4.21. The Hall–Kier alpha value is -0.280. The highest BCUT2D eigenvalue weighted by atomic mass is 35.5. The predicted octanol–water partition coefficient (Wildman–Crippen LogP) is 4.11. The summed E-state index contributed by atoms with van der Waals surface area (Å²) in [4.78, 5) is 2.33. The smallest absolute Gasteiger partial charge is 0.0492 e. The molecule has 102 valence electrons. The molecule has 0 radical (unpaired) electrons. The van der Waals surface area contributed by atoms with Crippen molar-refractivity contribution in [2.45, 2.75) is 39.3 Å². The fourth-order valence-corrected chi connectivity index (χ4v) is 2.78. The van der Waals surface area contributed by atoms with Crippen LogP contribution in [0.5, 0.6) is 0 Å². The fourth-order valence-electron chi connectivity index (χ4n) is 2.37. The van der Waals surface area contributed by atoms with Crippen molar-refractivity contribution in [2.24, 2.45) is 5.73 Å². The van der Waals surface area contributed by atoms with Gasteiger partial charge in [0.05, 0.1) is 0 Å². The summed E-state index contributed by atoms with van der Waals surface area (Å²) in [6, 6.07) is 5.27. The zero-order chi connectivity index (χ0) is 13.9. The van der Waals surface area contributed by atoms with Crippen molar-refractivity contribution >= 4 is 23.2 Å². The van der Waals surface area contributed by atoms with Gasteiger partial charge >= 0.3 is 0 Å². The molecule has 0 fully saturated rings. The Kier molecular flexibility index (Phi) is 5.47. The molecule has 0 aliphatic heterocycles. The molecule has 1 rings (SSSR count). The minimum absolute atomic E-state index is 0.169. The highest BCUT2D eigenvalue weighted by Crippen LogP contribution is 2.34. The Labute approximate surface area is 120 Å². The summed E-state index contributed by atoms with van der Waals surface area (Å²) in [5.74, 6) is 0. The van der Waals surface area contributed by atoms with E-state index in [1.807, 2.05) is 6.07 Å². The van der Waals surface area contributed by atoms with Gasteiger partial charge in [-0.1, -0.05) is 37.0 Å². The molecule has 0 spiro atoms. The van der Waals surface area contributed by atoms with E-state index in [1.54, 1.807) is 12.1 Å². The predicted molar refractivity (Wildman–Crippen MR) is 80.4 cm³/mol. The zero-order valence-electron chi connectivity index (χ0n) is 11.5. The first-order valence-electron chi connectivity index (χ1n) is 6.30. The number of nitrogens with two attached hydrogens (primary N) is 1. The Morgan fingerprint density at radius 2 is 1.78 bits per heavy atom. The normalized spacial score (nSPS) is 14.0. The lowest BCUT2D eigenvalue weighted by Crippen LogP contribution is -2.51. The van der Waals surface area contributed by atoms with Crippen LogP contribution in [-0.2, 0) is 0 Å². The Balaban J connectivity index is 3.12. The molecule has 2 N–H and O–H groups in total. The average Bonchev–Trinajstić information content (AvgIpc) is 2.32. The van der Waals surface area contributed by atoms with E-state index in [0.29, 0.717) is 10.0 Å². The van der Waals surface area contributed by atoms with Gasteiger partial charge < -0.3 is 5.73 Å². The van der Waals surface area contributed by atoms with Gasteiger partial charge in [0.15, 0.2) is 0 Å². The van der Waals surface area contributed by atoms with E-state index >= 15 is 0 Å². The molecule has 4 heteroatoms. The van der Waals surface area contributed by atoms with Crippen LogP contribution in [0.2, 0.25) is 10.0 Å². The van der Waals surface area contributed by atoms with Crippen LogP contribution in [0.25, 0.3) is 0 Å². The molecule has 0 aliphatic carbocycles. The number of nitrogens with zero attached hydrogens (tertiary/aromatic N) is 1. The molecule has 0 aliphatic rings. The lowest BCUT2D eigenvalue weighted by Gasteiger charge is -2.42. The maximum atomic E-state index is 6.41. The number of hydrogen-bond donors (Lipinski definition) is 1.